The van der Waals surface area contributed by atoms with Crippen LogP contribution >= 0.6 is 11.8 Å². The molecule has 2 aliphatic rings. The van der Waals surface area contributed by atoms with Gasteiger partial charge < -0.3 is 10.3 Å². The third kappa shape index (κ3) is 3.64. The molecule has 4 nitrogen and oxygen atoms in total. The normalized spacial score (nSPS) is 24.1. The van der Waals surface area contributed by atoms with Crippen LogP contribution in [-0.4, -0.2) is 19.5 Å². The van der Waals surface area contributed by atoms with Crippen molar-refractivity contribution in [3.63, 3.8) is 0 Å². The van der Waals surface area contributed by atoms with E-state index in [0.29, 0.717) is 0 Å². The number of aromatic nitrogens is 2. The lowest BCUT2D eigenvalue weighted by atomic mass is 9.77. The average molecular weight is 379 g/mol. The maximum atomic E-state index is 6.31. The van der Waals surface area contributed by atoms with Crippen molar-refractivity contribution in [2.24, 2.45) is 10.7 Å². The Bertz CT molecular complexity index is 927. The maximum absolute atomic E-state index is 6.31. The van der Waals surface area contributed by atoms with Crippen molar-refractivity contribution in [1.29, 1.82) is 0 Å². The first-order valence-corrected chi connectivity index (χ1v) is 10.4. The molecule has 0 aromatic carbocycles. The van der Waals surface area contributed by atoms with Crippen molar-refractivity contribution in [2.45, 2.75) is 62.7 Å². The molecule has 4 rings (SSSR count). The fourth-order valence-corrected chi connectivity index (χ4v) is 6.03. The quantitative estimate of drug-likeness (QED) is 0.776. The first-order chi connectivity index (χ1) is 13.0. The number of nitrogens with two attached hydrogens (primary N) is 1. The molecule has 5 heteroatoms. The minimum absolute atomic E-state index is 0.249. The van der Waals surface area contributed by atoms with Crippen molar-refractivity contribution < 1.29 is 0 Å². The van der Waals surface area contributed by atoms with Gasteiger partial charge in [0.05, 0.1) is 17.4 Å². The Morgan fingerprint density at radius 2 is 2.04 bits per heavy atom. The summed E-state index contributed by atoms with van der Waals surface area (Å²) in [7, 11) is 0. The van der Waals surface area contributed by atoms with E-state index in [2.05, 4.69) is 52.8 Å². The number of nitrogens with zero attached hydrogens (tertiary/aromatic N) is 3. The first kappa shape index (κ1) is 18.2. The standard InChI is InChI=1S/C22H26N4S/c1-3-7-17-12-19(14-24-13-17)26-11-8-18(15-26)21(2)16-22(27-20(23)25-21)9-5-4-6-10-22/h8,11-15H,4-6,9-10,16H2,1-2H3,(H2,23,25). The summed E-state index contributed by atoms with van der Waals surface area (Å²) in [6.07, 6.45) is 15.4. The van der Waals surface area contributed by atoms with Gasteiger partial charge in [0.15, 0.2) is 5.17 Å². The zero-order valence-electron chi connectivity index (χ0n) is 16.0. The van der Waals surface area contributed by atoms with E-state index in [1.807, 2.05) is 24.9 Å². The van der Waals surface area contributed by atoms with Crippen molar-refractivity contribution in [3.05, 3.63) is 48.0 Å². The summed E-state index contributed by atoms with van der Waals surface area (Å²) >= 11 is 1.81. The second-order valence-corrected chi connectivity index (χ2v) is 9.35. The molecule has 3 heterocycles. The maximum Gasteiger partial charge on any atom is 0.155 e. The SMILES string of the molecule is CC#Cc1cncc(-n2ccc(C3(C)CC4(CCCCC4)SC(N)=N3)c2)c1. The third-order valence-corrected chi connectivity index (χ3v) is 7.00. The highest BCUT2D eigenvalue weighted by Gasteiger charge is 2.45. The Morgan fingerprint density at radius 1 is 1.22 bits per heavy atom. The molecule has 27 heavy (non-hydrogen) atoms. The predicted octanol–water partition coefficient (Wildman–Crippen LogP) is 4.61. The number of amidine groups is 1. The van der Waals surface area contributed by atoms with Crippen LogP contribution < -0.4 is 5.73 Å². The van der Waals surface area contributed by atoms with E-state index in [1.165, 1.54) is 37.7 Å². The molecular weight excluding hydrogens is 352 g/mol. The Hall–Kier alpha value is -2.19. The zero-order valence-corrected chi connectivity index (χ0v) is 16.9. The van der Waals surface area contributed by atoms with E-state index >= 15 is 0 Å². The van der Waals surface area contributed by atoms with Crippen molar-refractivity contribution in [1.82, 2.24) is 9.55 Å². The van der Waals surface area contributed by atoms with Crippen molar-refractivity contribution >= 4 is 16.9 Å². The molecule has 1 aliphatic heterocycles. The van der Waals surface area contributed by atoms with Gasteiger partial charge in [0.1, 0.15) is 0 Å². The summed E-state index contributed by atoms with van der Waals surface area (Å²) in [5.74, 6) is 6.00. The highest BCUT2D eigenvalue weighted by Crippen LogP contribution is 2.52. The molecule has 2 aromatic heterocycles. The molecule has 0 bridgehead atoms. The van der Waals surface area contributed by atoms with Gasteiger partial charge >= 0.3 is 0 Å². The van der Waals surface area contributed by atoms with Crippen molar-refractivity contribution in [3.8, 4) is 17.5 Å². The Kier molecular flexibility index (Phi) is 4.77. The summed E-state index contributed by atoms with van der Waals surface area (Å²) in [5.41, 5.74) is 9.18. The lowest BCUT2D eigenvalue weighted by Gasteiger charge is -2.45. The zero-order chi connectivity index (χ0) is 18.9. The smallest absolute Gasteiger partial charge is 0.155 e. The molecule has 2 aromatic rings. The number of pyridine rings is 1. The molecule has 1 unspecified atom stereocenters. The highest BCUT2D eigenvalue weighted by molar-refractivity contribution is 8.15. The van der Waals surface area contributed by atoms with Gasteiger partial charge in [-0.3, -0.25) is 9.98 Å². The van der Waals surface area contributed by atoms with Gasteiger partial charge in [-0.1, -0.05) is 36.9 Å². The van der Waals surface area contributed by atoms with E-state index in [4.69, 9.17) is 10.7 Å². The lowest BCUT2D eigenvalue weighted by molar-refractivity contribution is 0.303. The van der Waals surface area contributed by atoms with Crippen LogP contribution in [0.5, 0.6) is 0 Å². The summed E-state index contributed by atoms with van der Waals surface area (Å²) < 4.78 is 2.36. The predicted molar refractivity (Wildman–Crippen MR) is 113 cm³/mol. The number of rotatable bonds is 2. The monoisotopic (exact) mass is 378 g/mol. The molecule has 1 aliphatic carbocycles. The molecule has 1 atom stereocenters. The molecule has 1 fully saturated rings. The molecule has 0 saturated heterocycles. The van der Waals surface area contributed by atoms with Crippen LogP contribution in [0.4, 0.5) is 0 Å². The number of hydrogen-bond acceptors (Lipinski definition) is 4. The van der Waals surface area contributed by atoms with Crippen LogP contribution in [0.15, 0.2) is 41.9 Å². The van der Waals surface area contributed by atoms with E-state index in [9.17, 15) is 0 Å². The highest BCUT2D eigenvalue weighted by atomic mass is 32.2. The third-order valence-electron chi connectivity index (χ3n) is 5.72. The van der Waals surface area contributed by atoms with Crippen LogP contribution in [0.25, 0.3) is 5.69 Å². The van der Waals surface area contributed by atoms with Crippen LogP contribution in [0, 0.1) is 11.8 Å². The van der Waals surface area contributed by atoms with Gasteiger partial charge in [-0.15, -0.1) is 5.92 Å². The fourth-order valence-electron chi connectivity index (χ4n) is 4.49. The largest absolute Gasteiger partial charge is 0.378 e. The minimum Gasteiger partial charge on any atom is -0.378 e. The van der Waals surface area contributed by atoms with Gasteiger partial charge in [-0.05, 0) is 50.8 Å². The second-order valence-electron chi connectivity index (χ2n) is 7.86. The molecule has 0 amide bonds. The Morgan fingerprint density at radius 3 is 2.81 bits per heavy atom. The van der Waals surface area contributed by atoms with E-state index in [-0.39, 0.29) is 10.3 Å². The second kappa shape index (κ2) is 7.09. The van der Waals surface area contributed by atoms with Crippen LogP contribution in [0.2, 0.25) is 0 Å². The van der Waals surface area contributed by atoms with Crippen molar-refractivity contribution in [2.75, 3.05) is 0 Å². The van der Waals surface area contributed by atoms with E-state index in [0.717, 1.165) is 22.8 Å². The number of thioether (sulfide) groups is 1. The summed E-state index contributed by atoms with van der Waals surface area (Å²) in [6.45, 7) is 4.07. The number of hydrogen-bond donors (Lipinski definition) is 1. The van der Waals surface area contributed by atoms with Gasteiger partial charge in [0, 0.05) is 28.9 Å². The molecule has 0 radical (unpaired) electrons. The lowest BCUT2D eigenvalue weighted by Crippen LogP contribution is -2.43. The van der Waals surface area contributed by atoms with Gasteiger partial charge in [0.2, 0.25) is 0 Å². The molecule has 2 N–H and O–H groups in total. The molecule has 140 valence electrons. The Labute approximate surface area is 165 Å². The van der Waals surface area contributed by atoms with Gasteiger partial charge in [-0.2, -0.15) is 0 Å². The average Bonchev–Trinajstić information content (AvgIpc) is 3.13. The topological polar surface area (TPSA) is 56.2 Å². The van der Waals surface area contributed by atoms with Crippen LogP contribution in [-0.2, 0) is 5.54 Å². The van der Waals surface area contributed by atoms with Gasteiger partial charge in [-0.25, -0.2) is 0 Å². The van der Waals surface area contributed by atoms with Crippen LogP contribution in [0.1, 0.15) is 63.5 Å². The first-order valence-electron chi connectivity index (χ1n) is 9.63. The summed E-state index contributed by atoms with van der Waals surface area (Å²) in [6, 6.07) is 4.23. The van der Waals surface area contributed by atoms with E-state index < -0.39 is 0 Å². The Balaban J connectivity index is 1.66. The molecule has 1 spiro atoms. The summed E-state index contributed by atoms with van der Waals surface area (Å²) in [5, 5.41) is 0.736. The minimum atomic E-state index is -0.272. The van der Waals surface area contributed by atoms with Gasteiger partial charge in [0.25, 0.3) is 0 Å². The number of aliphatic imine (C=N–C) groups is 1. The van der Waals surface area contributed by atoms with E-state index in [1.54, 1.807) is 6.20 Å². The fraction of sp³-hybridized carbons (Fsp3) is 0.455. The summed E-state index contributed by atoms with van der Waals surface area (Å²) in [4.78, 5) is 9.22. The molecule has 1 saturated carbocycles. The van der Waals surface area contributed by atoms with Crippen LogP contribution in [0.3, 0.4) is 0 Å². The molecular formula is C22H26N4S.